The first-order valence-corrected chi connectivity index (χ1v) is 8.65. The van der Waals surface area contributed by atoms with E-state index in [1.807, 2.05) is 39.0 Å². The first-order valence-electron chi connectivity index (χ1n) is 8.24. The Morgan fingerprint density at radius 3 is 2.29 bits per heavy atom. The first-order chi connectivity index (χ1) is 11.2. The number of thiocarbonyl (C=S) groups is 1. The molecular weight excluding hydrogens is 322 g/mol. The number of hydrogen-bond donors (Lipinski definition) is 3. The van der Waals surface area contributed by atoms with Gasteiger partial charge in [0.2, 0.25) is 11.8 Å². The summed E-state index contributed by atoms with van der Waals surface area (Å²) < 4.78 is 0. The Bertz CT molecular complexity index is 594. The molecule has 0 aliphatic heterocycles. The summed E-state index contributed by atoms with van der Waals surface area (Å²) in [5, 5.41) is 8.72. The molecule has 0 aliphatic carbocycles. The summed E-state index contributed by atoms with van der Waals surface area (Å²) in [7, 11) is 0. The van der Waals surface area contributed by atoms with Gasteiger partial charge in [-0.1, -0.05) is 46.6 Å². The lowest BCUT2D eigenvalue weighted by molar-refractivity contribution is -0.126. The van der Waals surface area contributed by atoms with Gasteiger partial charge < -0.3 is 16.0 Å². The predicted molar refractivity (Wildman–Crippen MR) is 103 cm³/mol. The summed E-state index contributed by atoms with van der Waals surface area (Å²) in [6.45, 7) is 7.56. The normalized spacial score (nSPS) is 10.8. The van der Waals surface area contributed by atoms with Gasteiger partial charge in [0.25, 0.3) is 0 Å². The van der Waals surface area contributed by atoms with Crippen molar-refractivity contribution in [3.8, 4) is 0 Å². The van der Waals surface area contributed by atoms with Crippen molar-refractivity contribution in [2.45, 2.75) is 53.4 Å². The monoisotopic (exact) mass is 349 g/mol. The number of nitrogens with one attached hydrogen (secondary N) is 3. The Kier molecular flexibility index (Phi) is 7.85. The second kappa shape index (κ2) is 9.37. The van der Waals surface area contributed by atoms with Gasteiger partial charge in [0.15, 0.2) is 5.11 Å². The highest BCUT2D eigenvalue weighted by molar-refractivity contribution is 7.80. The van der Waals surface area contributed by atoms with E-state index in [9.17, 15) is 9.59 Å². The van der Waals surface area contributed by atoms with Gasteiger partial charge in [-0.2, -0.15) is 0 Å². The van der Waals surface area contributed by atoms with Crippen LogP contribution >= 0.6 is 12.2 Å². The van der Waals surface area contributed by atoms with Crippen LogP contribution in [-0.4, -0.2) is 16.9 Å². The third kappa shape index (κ3) is 7.55. The Hall–Kier alpha value is -1.95. The molecule has 5 nitrogen and oxygen atoms in total. The van der Waals surface area contributed by atoms with Crippen LogP contribution in [-0.2, 0) is 9.59 Å². The number of amides is 2. The molecule has 0 unspecified atom stereocenters. The molecule has 0 radical (unpaired) electrons. The van der Waals surface area contributed by atoms with Gasteiger partial charge in [-0.15, -0.1) is 0 Å². The fraction of sp³-hybridized carbons (Fsp3) is 0.500. The number of anilines is 2. The lowest BCUT2D eigenvalue weighted by atomic mass is 9.96. The molecule has 0 saturated heterocycles. The number of carbonyl (C=O) groups is 2. The second-order valence-corrected chi connectivity index (χ2v) is 7.15. The molecule has 3 N–H and O–H groups in total. The van der Waals surface area contributed by atoms with Crippen LogP contribution in [0.5, 0.6) is 0 Å². The van der Waals surface area contributed by atoms with E-state index in [4.69, 9.17) is 12.2 Å². The van der Waals surface area contributed by atoms with Crippen molar-refractivity contribution in [1.29, 1.82) is 0 Å². The molecule has 0 aliphatic rings. The summed E-state index contributed by atoms with van der Waals surface area (Å²) >= 11 is 5.15. The van der Waals surface area contributed by atoms with E-state index in [2.05, 4.69) is 22.9 Å². The minimum atomic E-state index is -0.514. The van der Waals surface area contributed by atoms with Gasteiger partial charge in [-0.25, -0.2) is 0 Å². The molecule has 0 aromatic heterocycles. The first kappa shape index (κ1) is 20.1. The van der Waals surface area contributed by atoms with Crippen molar-refractivity contribution in [1.82, 2.24) is 5.32 Å². The lowest BCUT2D eigenvalue weighted by Crippen LogP contribution is -2.41. The minimum absolute atomic E-state index is 0.00390. The second-order valence-electron chi connectivity index (χ2n) is 6.74. The molecule has 0 spiro atoms. The molecule has 2 amide bonds. The van der Waals surface area contributed by atoms with Crippen molar-refractivity contribution in [3.05, 3.63) is 24.3 Å². The van der Waals surface area contributed by atoms with E-state index in [0.29, 0.717) is 17.8 Å². The SMILES string of the molecule is CCCCCC(=O)Nc1cccc(NC(=S)NC(=O)C(C)(C)C)c1. The van der Waals surface area contributed by atoms with E-state index >= 15 is 0 Å². The zero-order valence-corrected chi connectivity index (χ0v) is 15.7. The summed E-state index contributed by atoms with van der Waals surface area (Å²) in [5.74, 6) is -0.149. The summed E-state index contributed by atoms with van der Waals surface area (Å²) in [5.41, 5.74) is 0.895. The quantitative estimate of drug-likeness (QED) is 0.535. The zero-order chi connectivity index (χ0) is 18.2. The predicted octanol–water partition coefficient (Wildman–Crippen LogP) is 4.06. The Morgan fingerprint density at radius 1 is 1.08 bits per heavy atom. The molecule has 0 saturated carbocycles. The van der Waals surface area contributed by atoms with Crippen LogP contribution in [0.1, 0.15) is 53.4 Å². The molecular formula is C18H27N3O2S. The van der Waals surface area contributed by atoms with Crippen LogP contribution in [0.15, 0.2) is 24.3 Å². The molecule has 132 valence electrons. The Balaban J connectivity index is 2.57. The Morgan fingerprint density at radius 2 is 1.71 bits per heavy atom. The molecule has 1 rings (SSSR count). The molecule has 0 bridgehead atoms. The van der Waals surface area contributed by atoms with Gasteiger partial charge in [-0.05, 0) is 36.8 Å². The average Bonchev–Trinajstić information content (AvgIpc) is 2.46. The van der Waals surface area contributed by atoms with Crippen LogP contribution in [0.2, 0.25) is 0 Å². The van der Waals surface area contributed by atoms with Gasteiger partial charge in [0, 0.05) is 23.2 Å². The number of rotatable bonds is 6. The fourth-order valence-corrected chi connectivity index (χ4v) is 2.10. The van der Waals surface area contributed by atoms with E-state index in [1.165, 1.54) is 0 Å². The van der Waals surface area contributed by atoms with Crippen LogP contribution < -0.4 is 16.0 Å². The van der Waals surface area contributed by atoms with Crippen molar-refractivity contribution >= 4 is 40.5 Å². The largest absolute Gasteiger partial charge is 0.332 e. The summed E-state index contributed by atoms with van der Waals surface area (Å²) in [6.07, 6.45) is 3.55. The molecule has 0 heterocycles. The van der Waals surface area contributed by atoms with Gasteiger partial charge >= 0.3 is 0 Å². The van der Waals surface area contributed by atoms with E-state index in [-0.39, 0.29) is 16.9 Å². The van der Waals surface area contributed by atoms with Gasteiger partial charge in [-0.3, -0.25) is 9.59 Å². The van der Waals surface area contributed by atoms with Crippen LogP contribution in [0, 0.1) is 5.41 Å². The fourth-order valence-electron chi connectivity index (χ4n) is 1.89. The van der Waals surface area contributed by atoms with E-state index in [1.54, 1.807) is 6.07 Å². The van der Waals surface area contributed by atoms with Gasteiger partial charge in [0.05, 0.1) is 0 Å². The summed E-state index contributed by atoms with van der Waals surface area (Å²) in [4.78, 5) is 23.8. The van der Waals surface area contributed by atoms with Crippen LogP contribution in [0.4, 0.5) is 11.4 Å². The Labute approximate surface area is 149 Å². The van der Waals surface area contributed by atoms with Crippen LogP contribution in [0.25, 0.3) is 0 Å². The zero-order valence-electron chi connectivity index (χ0n) is 14.9. The summed E-state index contributed by atoms with van der Waals surface area (Å²) in [6, 6.07) is 7.24. The maximum absolute atomic E-state index is 11.9. The topological polar surface area (TPSA) is 70.2 Å². The van der Waals surface area contributed by atoms with Crippen molar-refractivity contribution < 1.29 is 9.59 Å². The van der Waals surface area contributed by atoms with E-state index < -0.39 is 5.41 Å². The minimum Gasteiger partial charge on any atom is -0.332 e. The molecule has 1 aromatic rings. The van der Waals surface area contributed by atoms with Crippen molar-refractivity contribution in [3.63, 3.8) is 0 Å². The molecule has 1 aromatic carbocycles. The highest BCUT2D eigenvalue weighted by Crippen LogP contribution is 2.16. The highest BCUT2D eigenvalue weighted by Gasteiger charge is 2.21. The maximum Gasteiger partial charge on any atom is 0.231 e. The number of carbonyl (C=O) groups excluding carboxylic acids is 2. The maximum atomic E-state index is 11.9. The number of hydrogen-bond acceptors (Lipinski definition) is 3. The standard InChI is InChI=1S/C18H27N3O2S/c1-5-6-7-11-15(22)19-13-9-8-10-14(12-13)20-17(24)21-16(23)18(2,3)4/h8-10,12H,5-7,11H2,1-4H3,(H,19,22)(H2,20,21,23,24). The van der Waals surface area contributed by atoms with E-state index in [0.717, 1.165) is 19.3 Å². The third-order valence-corrected chi connectivity index (χ3v) is 3.52. The molecule has 0 fully saturated rings. The molecule has 24 heavy (non-hydrogen) atoms. The van der Waals surface area contributed by atoms with Crippen LogP contribution in [0.3, 0.4) is 0 Å². The molecule has 6 heteroatoms. The molecule has 0 atom stereocenters. The van der Waals surface area contributed by atoms with Crippen molar-refractivity contribution in [2.24, 2.45) is 5.41 Å². The highest BCUT2D eigenvalue weighted by atomic mass is 32.1. The number of unbranched alkanes of at least 4 members (excludes halogenated alkanes) is 2. The average molecular weight is 350 g/mol. The third-order valence-electron chi connectivity index (χ3n) is 3.32. The lowest BCUT2D eigenvalue weighted by Gasteiger charge is -2.18. The number of benzene rings is 1. The smallest absolute Gasteiger partial charge is 0.231 e. The van der Waals surface area contributed by atoms with Crippen molar-refractivity contribution in [2.75, 3.05) is 10.6 Å². The van der Waals surface area contributed by atoms with Gasteiger partial charge in [0.1, 0.15) is 0 Å².